The average Bonchev–Trinajstić information content (AvgIpc) is 2.29. The van der Waals surface area contributed by atoms with E-state index in [1.54, 1.807) is 23.9 Å². The van der Waals surface area contributed by atoms with Gasteiger partial charge in [-0.1, -0.05) is 6.07 Å². The van der Waals surface area contributed by atoms with Crippen molar-refractivity contribution in [2.45, 2.75) is 18.4 Å². The van der Waals surface area contributed by atoms with E-state index in [-0.39, 0.29) is 11.5 Å². The van der Waals surface area contributed by atoms with E-state index in [2.05, 4.69) is 4.72 Å². The first-order valence-electron chi connectivity index (χ1n) is 5.20. The molecule has 0 saturated heterocycles. The summed E-state index contributed by atoms with van der Waals surface area (Å²) in [6.45, 7) is 2.09. The van der Waals surface area contributed by atoms with Crippen LogP contribution in [0.4, 0.5) is 0 Å². The van der Waals surface area contributed by atoms with Gasteiger partial charge in [0.2, 0.25) is 10.0 Å². The van der Waals surface area contributed by atoms with E-state index in [9.17, 15) is 8.42 Å². The van der Waals surface area contributed by atoms with E-state index >= 15 is 0 Å². The molecule has 0 fully saturated rings. The zero-order valence-electron chi connectivity index (χ0n) is 9.93. The summed E-state index contributed by atoms with van der Waals surface area (Å²) in [4.78, 5) is 0.202. The highest BCUT2D eigenvalue weighted by molar-refractivity contribution is 7.98. The molecule has 1 aromatic carbocycles. The second-order valence-electron chi connectivity index (χ2n) is 3.64. The van der Waals surface area contributed by atoms with Crippen LogP contribution in [0.15, 0.2) is 23.1 Å². The standard InChI is InChI=1S/C11H17NO3S2/c1-9-3-4-11(7-10(9)8-13)17(14,15)12-5-6-16-2/h3-4,7,12-13H,5-6,8H2,1-2H3. The van der Waals surface area contributed by atoms with Gasteiger partial charge in [-0.2, -0.15) is 11.8 Å². The number of sulfonamides is 1. The van der Waals surface area contributed by atoms with Crippen molar-refractivity contribution < 1.29 is 13.5 Å². The highest BCUT2D eigenvalue weighted by atomic mass is 32.2. The molecular weight excluding hydrogens is 258 g/mol. The van der Waals surface area contributed by atoms with Gasteiger partial charge in [-0.05, 0) is 36.4 Å². The molecule has 17 heavy (non-hydrogen) atoms. The number of aliphatic hydroxyl groups is 1. The molecule has 0 aliphatic rings. The fourth-order valence-corrected chi connectivity index (χ4v) is 2.86. The van der Waals surface area contributed by atoms with E-state index in [1.807, 2.05) is 13.2 Å². The third-order valence-corrected chi connectivity index (χ3v) is 4.47. The molecule has 0 heterocycles. The Morgan fingerprint density at radius 3 is 2.71 bits per heavy atom. The molecule has 0 atom stereocenters. The first-order valence-corrected chi connectivity index (χ1v) is 8.08. The lowest BCUT2D eigenvalue weighted by molar-refractivity contribution is 0.280. The quantitative estimate of drug-likeness (QED) is 0.764. The van der Waals surface area contributed by atoms with Gasteiger partial charge in [0.05, 0.1) is 11.5 Å². The molecule has 0 amide bonds. The first-order chi connectivity index (χ1) is 8.01. The molecule has 0 bridgehead atoms. The SMILES string of the molecule is CSCCNS(=O)(=O)c1ccc(C)c(CO)c1. The maximum absolute atomic E-state index is 11.9. The van der Waals surface area contributed by atoms with Gasteiger partial charge in [0.15, 0.2) is 0 Å². The molecule has 0 aliphatic heterocycles. The van der Waals surface area contributed by atoms with Gasteiger partial charge < -0.3 is 5.11 Å². The molecule has 6 heteroatoms. The van der Waals surface area contributed by atoms with Crippen molar-refractivity contribution in [2.24, 2.45) is 0 Å². The zero-order chi connectivity index (χ0) is 12.9. The van der Waals surface area contributed by atoms with Crippen LogP contribution in [0.5, 0.6) is 0 Å². The highest BCUT2D eigenvalue weighted by Gasteiger charge is 2.14. The minimum absolute atomic E-state index is 0.153. The first kappa shape index (κ1) is 14.5. The summed E-state index contributed by atoms with van der Waals surface area (Å²) in [5.41, 5.74) is 1.52. The summed E-state index contributed by atoms with van der Waals surface area (Å²) in [5.74, 6) is 0.734. The fourth-order valence-electron chi connectivity index (χ4n) is 1.35. The van der Waals surface area contributed by atoms with Gasteiger partial charge in [0.1, 0.15) is 0 Å². The second kappa shape index (κ2) is 6.39. The summed E-state index contributed by atoms with van der Waals surface area (Å²) in [6, 6.07) is 4.77. The van der Waals surface area contributed by atoms with Crippen LogP contribution in [0.2, 0.25) is 0 Å². The van der Waals surface area contributed by atoms with Crippen LogP contribution in [0.1, 0.15) is 11.1 Å². The summed E-state index contributed by atoms with van der Waals surface area (Å²) in [7, 11) is -3.46. The average molecular weight is 275 g/mol. The van der Waals surface area contributed by atoms with Crippen LogP contribution in [-0.2, 0) is 16.6 Å². The monoisotopic (exact) mass is 275 g/mol. The van der Waals surface area contributed by atoms with Gasteiger partial charge in [-0.25, -0.2) is 13.1 Å². The summed E-state index contributed by atoms with van der Waals surface area (Å²) in [5, 5.41) is 9.10. The van der Waals surface area contributed by atoms with E-state index in [0.29, 0.717) is 12.1 Å². The van der Waals surface area contributed by atoms with E-state index in [4.69, 9.17) is 5.11 Å². The van der Waals surface area contributed by atoms with Crippen LogP contribution in [0.25, 0.3) is 0 Å². The number of benzene rings is 1. The molecule has 0 spiro atoms. The molecule has 0 unspecified atom stereocenters. The number of aliphatic hydroxyl groups excluding tert-OH is 1. The van der Waals surface area contributed by atoms with Crippen LogP contribution in [0.3, 0.4) is 0 Å². The molecule has 4 nitrogen and oxygen atoms in total. The Labute approximate surface area is 106 Å². The highest BCUT2D eigenvalue weighted by Crippen LogP contribution is 2.15. The molecule has 0 radical (unpaired) electrons. The smallest absolute Gasteiger partial charge is 0.240 e. The Balaban J connectivity index is 2.91. The van der Waals surface area contributed by atoms with Crippen LogP contribution < -0.4 is 4.72 Å². The van der Waals surface area contributed by atoms with Crippen molar-refractivity contribution in [2.75, 3.05) is 18.6 Å². The van der Waals surface area contributed by atoms with E-state index in [1.165, 1.54) is 6.07 Å². The molecular formula is C11H17NO3S2. The van der Waals surface area contributed by atoms with E-state index in [0.717, 1.165) is 11.3 Å². The minimum atomic E-state index is -3.46. The number of nitrogens with one attached hydrogen (secondary N) is 1. The molecule has 0 aromatic heterocycles. The molecule has 0 aliphatic carbocycles. The van der Waals surface area contributed by atoms with Crippen molar-refractivity contribution >= 4 is 21.8 Å². The third-order valence-electron chi connectivity index (χ3n) is 2.40. The van der Waals surface area contributed by atoms with Gasteiger partial charge in [-0.15, -0.1) is 0 Å². The third kappa shape index (κ3) is 3.99. The Bertz CT molecular complexity index is 472. The molecule has 1 rings (SSSR count). The van der Waals surface area contributed by atoms with Crippen LogP contribution >= 0.6 is 11.8 Å². The van der Waals surface area contributed by atoms with Gasteiger partial charge in [0, 0.05) is 12.3 Å². The predicted octanol–water partition coefficient (Wildman–Crippen LogP) is 1.13. The Hall–Kier alpha value is -0.560. The second-order valence-corrected chi connectivity index (χ2v) is 6.39. The Kier molecular flexibility index (Phi) is 5.45. The number of hydrogen-bond donors (Lipinski definition) is 2. The van der Waals surface area contributed by atoms with Gasteiger partial charge >= 0.3 is 0 Å². The normalized spacial score (nSPS) is 11.7. The maximum atomic E-state index is 11.9. The van der Waals surface area contributed by atoms with Crippen molar-refractivity contribution in [1.29, 1.82) is 0 Å². The number of hydrogen-bond acceptors (Lipinski definition) is 4. The lowest BCUT2D eigenvalue weighted by atomic mass is 10.1. The Morgan fingerprint density at radius 1 is 1.41 bits per heavy atom. The minimum Gasteiger partial charge on any atom is -0.392 e. The Morgan fingerprint density at radius 2 is 2.12 bits per heavy atom. The number of thioether (sulfide) groups is 1. The lowest BCUT2D eigenvalue weighted by Crippen LogP contribution is -2.26. The molecule has 2 N–H and O–H groups in total. The molecule has 1 aromatic rings. The maximum Gasteiger partial charge on any atom is 0.240 e. The lowest BCUT2D eigenvalue weighted by Gasteiger charge is -2.08. The van der Waals surface area contributed by atoms with Crippen LogP contribution in [0, 0.1) is 6.92 Å². The van der Waals surface area contributed by atoms with Crippen molar-refractivity contribution in [3.05, 3.63) is 29.3 Å². The van der Waals surface area contributed by atoms with Crippen molar-refractivity contribution in [3.63, 3.8) is 0 Å². The van der Waals surface area contributed by atoms with Gasteiger partial charge in [-0.3, -0.25) is 0 Å². The molecule has 0 saturated carbocycles. The van der Waals surface area contributed by atoms with Crippen molar-refractivity contribution in [3.8, 4) is 0 Å². The summed E-state index contributed by atoms with van der Waals surface area (Å²) < 4.78 is 26.3. The van der Waals surface area contributed by atoms with E-state index < -0.39 is 10.0 Å². The summed E-state index contributed by atoms with van der Waals surface area (Å²) in [6.07, 6.45) is 1.92. The molecule has 96 valence electrons. The van der Waals surface area contributed by atoms with Crippen molar-refractivity contribution in [1.82, 2.24) is 4.72 Å². The largest absolute Gasteiger partial charge is 0.392 e. The van der Waals surface area contributed by atoms with Crippen LogP contribution in [-0.4, -0.2) is 32.1 Å². The number of rotatable bonds is 6. The van der Waals surface area contributed by atoms with Gasteiger partial charge in [0.25, 0.3) is 0 Å². The predicted molar refractivity (Wildman–Crippen MR) is 70.7 cm³/mol. The topological polar surface area (TPSA) is 66.4 Å². The summed E-state index contributed by atoms with van der Waals surface area (Å²) >= 11 is 1.58. The fraction of sp³-hybridized carbons (Fsp3) is 0.455. The number of aryl methyl sites for hydroxylation is 1. The zero-order valence-corrected chi connectivity index (χ0v) is 11.6.